The lowest BCUT2D eigenvalue weighted by molar-refractivity contribution is -0.120. The number of thioether (sulfide) groups is 1. The van der Waals surface area contributed by atoms with Crippen molar-refractivity contribution in [2.75, 3.05) is 6.61 Å². The van der Waals surface area contributed by atoms with E-state index in [-0.39, 0.29) is 17.6 Å². The summed E-state index contributed by atoms with van der Waals surface area (Å²) in [5.74, 6) is -0.299. The predicted molar refractivity (Wildman–Crippen MR) is 104 cm³/mol. The van der Waals surface area contributed by atoms with Crippen LogP contribution in [0, 0.1) is 0 Å². The summed E-state index contributed by atoms with van der Waals surface area (Å²) in [5, 5.41) is 0.708. The second kappa shape index (κ2) is 8.45. The number of nitrogens with zero attached hydrogens (tertiary/aromatic N) is 1. The molecule has 1 N–H and O–H groups in total. The molecule has 3 unspecified atom stereocenters. The number of halogens is 3. The number of ether oxygens (including phenoxy) is 1. The first kappa shape index (κ1) is 21.5. The zero-order chi connectivity index (χ0) is 18.9. The van der Waals surface area contributed by atoms with Gasteiger partial charge in [0.25, 0.3) is 4.71 Å². The molecule has 1 fully saturated rings. The summed E-state index contributed by atoms with van der Waals surface area (Å²) in [7, 11) is -1.41. The van der Waals surface area contributed by atoms with Crippen LogP contribution in [-0.4, -0.2) is 50.6 Å². The van der Waals surface area contributed by atoms with Gasteiger partial charge in [-0.1, -0.05) is 48.7 Å². The van der Waals surface area contributed by atoms with Crippen LogP contribution in [0.15, 0.2) is 0 Å². The van der Waals surface area contributed by atoms with Crippen molar-refractivity contribution in [1.29, 1.82) is 0 Å². The molecule has 25 heavy (non-hydrogen) atoms. The lowest BCUT2D eigenvalue weighted by Crippen LogP contribution is -2.61. The summed E-state index contributed by atoms with van der Waals surface area (Å²) in [5.41, 5.74) is 0. The molecule has 0 aromatic heterocycles. The third kappa shape index (κ3) is 4.72. The smallest absolute Gasteiger partial charge is 0.381 e. The Kier molecular flexibility index (Phi) is 7.25. The number of carbonyl (C=O) groups is 3. The molecule has 2 aliphatic heterocycles. The van der Waals surface area contributed by atoms with Gasteiger partial charge in [-0.3, -0.25) is 9.59 Å². The quantitative estimate of drug-likeness (QED) is 0.293. The number of rotatable bonds is 4. The molecule has 0 radical (unpaired) electrons. The van der Waals surface area contributed by atoms with Gasteiger partial charge < -0.3 is 14.6 Å². The first-order valence-corrected chi connectivity index (χ1v) is 11.6. The predicted octanol–water partition coefficient (Wildman–Crippen LogP) is 3.33. The molecule has 0 aromatic carbocycles. The lowest BCUT2D eigenvalue weighted by Gasteiger charge is -2.46. The normalized spacial score (nSPS) is 29.0. The van der Waals surface area contributed by atoms with Gasteiger partial charge in [-0.2, -0.15) is 0 Å². The van der Waals surface area contributed by atoms with Crippen LogP contribution in [0.5, 0.6) is 0 Å². The van der Waals surface area contributed by atoms with Crippen molar-refractivity contribution in [3.05, 3.63) is 0 Å². The Morgan fingerprint density at radius 1 is 1.44 bits per heavy atom. The van der Waals surface area contributed by atoms with E-state index in [2.05, 4.69) is 5.32 Å². The number of amides is 2. The average Bonchev–Trinajstić information content (AvgIpc) is 2.53. The largest absolute Gasteiger partial charge is 0.612 e. The second-order valence-corrected chi connectivity index (χ2v) is 12.1. The second-order valence-electron chi connectivity index (χ2n) is 4.90. The van der Waals surface area contributed by atoms with E-state index >= 15 is 0 Å². The summed E-state index contributed by atoms with van der Waals surface area (Å²) in [6.07, 6.45) is 0.532. The Balaban J connectivity index is 2.38. The van der Waals surface area contributed by atoms with Crippen LogP contribution in [0.4, 0.5) is 9.59 Å². The lowest BCUT2D eigenvalue weighted by atomic mass is 10.3. The minimum absolute atomic E-state index is 0.205. The monoisotopic (exact) mass is 468 g/mol. The highest BCUT2D eigenvalue weighted by Crippen LogP contribution is 2.50. The van der Waals surface area contributed by atoms with Gasteiger partial charge in [0, 0.05) is 40.0 Å². The molecule has 0 aliphatic carbocycles. The van der Waals surface area contributed by atoms with Gasteiger partial charge in [-0.05, 0) is 6.42 Å². The standard InChI is InChI=1S/C12H15Cl3N2O5S3/c1-3-6-8(16-7(18)4-2)25(21)10-17(9(19)23-10)24(6)11(20)22-5-12(13,14)15/h8,10H,3-5H2,1-2H3,(H,16,18)/t8?,10-,24?,25?/m1/s1. The molecule has 2 rings (SSSR count). The zero-order valence-electron chi connectivity index (χ0n) is 13.1. The van der Waals surface area contributed by atoms with Gasteiger partial charge in [-0.25, -0.2) is 9.10 Å². The molecular weight excluding hydrogens is 455 g/mol. The van der Waals surface area contributed by atoms with Crippen molar-refractivity contribution >= 4 is 89.7 Å². The molecule has 0 spiro atoms. The van der Waals surface area contributed by atoms with E-state index in [0.717, 1.165) is 11.8 Å². The molecule has 1 saturated heterocycles. The van der Waals surface area contributed by atoms with Crippen molar-refractivity contribution in [3.8, 4) is 0 Å². The van der Waals surface area contributed by atoms with Gasteiger partial charge >= 0.3 is 10.5 Å². The Bertz CT molecular complexity index is 628. The SMILES string of the molecule is CCC(=O)NC1C(CC)=S(C(=O)OCC(Cl)(Cl)Cl)N2C(=O)S[C@@H]2[S+]1[O-]. The van der Waals surface area contributed by atoms with E-state index in [9.17, 15) is 18.9 Å². The number of carbonyl (C=O) groups excluding carboxylic acids is 3. The first-order valence-electron chi connectivity index (χ1n) is 7.12. The van der Waals surface area contributed by atoms with E-state index in [1.165, 1.54) is 4.31 Å². The first-order chi connectivity index (χ1) is 11.6. The number of hydrogen-bond acceptors (Lipinski definition) is 6. The summed E-state index contributed by atoms with van der Waals surface area (Å²) >= 11 is 16.1. The van der Waals surface area contributed by atoms with E-state index in [1.54, 1.807) is 13.8 Å². The fourth-order valence-electron chi connectivity index (χ4n) is 2.09. The highest BCUT2D eigenvalue weighted by atomic mass is 35.6. The van der Waals surface area contributed by atoms with Crippen molar-refractivity contribution < 1.29 is 23.7 Å². The van der Waals surface area contributed by atoms with Crippen molar-refractivity contribution in [3.63, 3.8) is 0 Å². The number of nitrogens with one attached hydrogen (secondary N) is 1. The molecule has 142 valence electrons. The Hall–Kier alpha value is 0.160. The molecule has 0 aromatic rings. The van der Waals surface area contributed by atoms with E-state index in [1.807, 2.05) is 0 Å². The van der Waals surface area contributed by atoms with Crippen LogP contribution in [0.2, 0.25) is 0 Å². The van der Waals surface area contributed by atoms with Crippen molar-refractivity contribution in [2.24, 2.45) is 0 Å². The molecule has 7 nitrogen and oxygen atoms in total. The third-order valence-electron chi connectivity index (χ3n) is 3.21. The summed E-state index contributed by atoms with van der Waals surface area (Å²) < 4.78 is 16.5. The molecule has 2 amide bonds. The van der Waals surface area contributed by atoms with Gasteiger partial charge in [0.1, 0.15) is 6.61 Å². The van der Waals surface area contributed by atoms with Gasteiger partial charge in [0.2, 0.25) is 15.1 Å². The molecule has 13 heteroatoms. The van der Waals surface area contributed by atoms with Gasteiger partial charge in [-0.15, -0.1) is 0 Å². The fourth-order valence-corrected chi connectivity index (χ4v) is 8.35. The minimum Gasteiger partial charge on any atom is -0.612 e. The maximum Gasteiger partial charge on any atom is 0.381 e. The molecule has 2 heterocycles. The number of hydrogen-bond donors (Lipinski definition) is 1. The molecular formula is C12H15Cl3N2O5S3. The van der Waals surface area contributed by atoms with Crippen LogP contribution in [0.3, 0.4) is 0 Å². The molecule has 2 aliphatic rings. The van der Waals surface area contributed by atoms with Crippen molar-refractivity contribution in [2.45, 2.75) is 40.6 Å². The number of alkyl halides is 3. The average molecular weight is 470 g/mol. The Labute approximate surface area is 169 Å². The summed E-state index contributed by atoms with van der Waals surface area (Å²) in [6.45, 7) is 2.93. The van der Waals surface area contributed by atoms with Gasteiger partial charge in [0.15, 0.2) is 0 Å². The molecule has 0 saturated carbocycles. The zero-order valence-corrected chi connectivity index (χ0v) is 17.8. The van der Waals surface area contributed by atoms with Crippen LogP contribution < -0.4 is 5.32 Å². The highest BCUT2D eigenvalue weighted by Gasteiger charge is 2.58. The maximum absolute atomic E-state index is 12.7. The topological polar surface area (TPSA) is 98.8 Å². The fraction of sp³-hybridized carbons (Fsp3) is 0.667. The van der Waals surface area contributed by atoms with Gasteiger partial charge in [0.05, 0.1) is 4.86 Å². The molecule has 0 bridgehead atoms. The highest BCUT2D eigenvalue weighted by molar-refractivity contribution is 8.35. The van der Waals surface area contributed by atoms with Crippen molar-refractivity contribution in [1.82, 2.24) is 9.62 Å². The number of fused-ring (bicyclic) bond motifs is 1. The van der Waals surface area contributed by atoms with E-state index in [4.69, 9.17) is 39.5 Å². The van der Waals surface area contributed by atoms with E-state index < -0.39 is 47.6 Å². The molecule has 4 atom stereocenters. The summed E-state index contributed by atoms with van der Waals surface area (Å²) in [6, 6.07) is 0. The minimum atomic E-state index is -1.78. The summed E-state index contributed by atoms with van der Waals surface area (Å²) in [4.78, 5) is 36.7. The Morgan fingerprint density at radius 2 is 2.08 bits per heavy atom. The van der Waals surface area contributed by atoms with E-state index in [0.29, 0.717) is 11.3 Å². The van der Waals surface area contributed by atoms with Crippen LogP contribution in [0.1, 0.15) is 26.7 Å². The third-order valence-corrected chi connectivity index (χ3v) is 9.44. The Morgan fingerprint density at radius 3 is 2.56 bits per heavy atom. The van der Waals surface area contributed by atoms with Crippen LogP contribution in [0.25, 0.3) is 0 Å². The van der Waals surface area contributed by atoms with Crippen LogP contribution in [-0.2, 0) is 20.7 Å². The maximum atomic E-state index is 12.7. The van der Waals surface area contributed by atoms with Crippen LogP contribution >= 0.6 is 57.2 Å².